The second-order valence-corrected chi connectivity index (χ2v) is 0.447. The van der Waals surface area contributed by atoms with Crippen molar-refractivity contribution >= 4 is 103 Å². The largest absolute Gasteiger partial charge is 0.394 e. The van der Waals surface area contributed by atoms with Crippen molar-refractivity contribution in [1.82, 2.24) is 0 Å². The van der Waals surface area contributed by atoms with Crippen LogP contribution in [0.15, 0.2) is 0 Å². The number of aliphatic hydroxyl groups excluding tert-OH is 2. The second-order valence-electron chi connectivity index (χ2n) is 0.447. The van der Waals surface area contributed by atoms with Crippen molar-refractivity contribution in [1.29, 1.82) is 0 Å². The molecular weight excluding hydrogens is 134 g/mol. The molecule has 0 aromatic carbocycles. The first-order chi connectivity index (χ1) is 1.91. The Morgan fingerprint density at radius 1 is 0.833 bits per heavy atom. The Kier molecular flexibility index (Phi) is 42.2. The third kappa shape index (κ3) is 15.7. The molecule has 0 unspecified atom stereocenters. The molecule has 28 valence electrons. The minimum atomic E-state index is -0.125. The number of hydrogen-bond donors (Lipinski definition) is 2. The molecule has 0 spiro atoms. The van der Waals surface area contributed by atoms with Gasteiger partial charge in [-0.3, -0.25) is 0 Å². The Bertz CT molecular complexity index is 11.5. The molecule has 0 bridgehead atoms. The first-order valence-corrected chi connectivity index (χ1v) is 1.13. The standard InChI is InChI=1S/C2H6O2.2K/c3-1-2-4;;/h3-4H,1-2H2;;. The summed E-state index contributed by atoms with van der Waals surface area (Å²) < 4.78 is 0. The van der Waals surface area contributed by atoms with Crippen LogP contribution in [0.3, 0.4) is 0 Å². The van der Waals surface area contributed by atoms with Crippen LogP contribution < -0.4 is 0 Å². The van der Waals surface area contributed by atoms with E-state index in [1.807, 2.05) is 0 Å². The van der Waals surface area contributed by atoms with Crippen molar-refractivity contribution in [2.24, 2.45) is 0 Å². The number of hydrogen-bond acceptors (Lipinski definition) is 2. The van der Waals surface area contributed by atoms with Gasteiger partial charge >= 0.3 is 0 Å². The summed E-state index contributed by atoms with van der Waals surface area (Å²) in [7, 11) is 0. The van der Waals surface area contributed by atoms with E-state index in [1.54, 1.807) is 0 Å². The maximum absolute atomic E-state index is 7.62. The van der Waals surface area contributed by atoms with Gasteiger partial charge in [0.25, 0.3) is 0 Å². The fourth-order valence-corrected chi connectivity index (χ4v) is 0. The van der Waals surface area contributed by atoms with Crippen molar-refractivity contribution < 1.29 is 10.2 Å². The molecule has 0 aliphatic rings. The van der Waals surface area contributed by atoms with Crippen molar-refractivity contribution in [2.45, 2.75) is 0 Å². The first kappa shape index (κ1) is 16.1. The van der Waals surface area contributed by atoms with E-state index in [2.05, 4.69) is 0 Å². The summed E-state index contributed by atoms with van der Waals surface area (Å²) in [6.07, 6.45) is 0. The Balaban J connectivity index is -0.0000000450. The molecule has 0 amide bonds. The van der Waals surface area contributed by atoms with E-state index in [1.165, 1.54) is 0 Å². The molecule has 0 saturated carbocycles. The van der Waals surface area contributed by atoms with E-state index >= 15 is 0 Å². The SMILES string of the molecule is OCCO.[K].[K]. The minimum absolute atomic E-state index is 0. The molecule has 0 aromatic rings. The normalized spacial score (nSPS) is 5.00. The Hall–Kier alpha value is 3.19. The molecule has 0 rings (SSSR count). The van der Waals surface area contributed by atoms with Crippen LogP contribution in [0.1, 0.15) is 0 Å². The van der Waals surface area contributed by atoms with Crippen molar-refractivity contribution in [3.8, 4) is 0 Å². The van der Waals surface area contributed by atoms with Gasteiger partial charge in [0.2, 0.25) is 0 Å². The van der Waals surface area contributed by atoms with Gasteiger partial charge in [0.15, 0.2) is 0 Å². The van der Waals surface area contributed by atoms with Gasteiger partial charge in [0.05, 0.1) is 13.2 Å². The summed E-state index contributed by atoms with van der Waals surface area (Å²) in [5.74, 6) is 0. The van der Waals surface area contributed by atoms with Gasteiger partial charge in [-0.2, -0.15) is 0 Å². The summed E-state index contributed by atoms with van der Waals surface area (Å²) in [6.45, 7) is -0.250. The van der Waals surface area contributed by atoms with E-state index in [4.69, 9.17) is 10.2 Å². The molecule has 0 fully saturated rings. The molecule has 2 N–H and O–H groups in total. The Morgan fingerprint density at radius 2 is 1.00 bits per heavy atom. The zero-order valence-corrected chi connectivity index (χ0v) is 10.6. The maximum atomic E-state index is 7.62. The topological polar surface area (TPSA) is 40.5 Å². The van der Waals surface area contributed by atoms with Crippen LogP contribution in [0.5, 0.6) is 0 Å². The molecule has 0 aliphatic carbocycles. The molecule has 2 nitrogen and oxygen atoms in total. The van der Waals surface area contributed by atoms with E-state index in [9.17, 15) is 0 Å². The molecule has 0 aromatic heterocycles. The van der Waals surface area contributed by atoms with Crippen LogP contribution >= 0.6 is 0 Å². The fourth-order valence-electron chi connectivity index (χ4n) is 0. The molecule has 0 heterocycles. The van der Waals surface area contributed by atoms with Crippen LogP contribution in [-0.4, -0.2) is 126 Å². The predicted molar refractivity (Wildman–Crippen MR) is 25.7 cm³/mol. The minimum Gasteiger partial charge on any atom is -0.394 e. The van der Waals surface area contributed by atoms with Crippen molar-refractivity contribution in [3.05, 3.63) is 0 Å². The van der Waals surface area contributed by atoms with E-state index in [0.717, 1.165) is 0 Å². The van der Waals surface area contributed by atoms with E-state index in [-0.39, 0.29) is 116 Å². The summed E-state index contributed by atoms with van der Waals surface area (Å²) in [5.41, 5.74) is 0. The van der Waals surface area contributed by atoms with Crippen LogP contribution in [0, 0.1) is 0 Å². The molecular formula is C2H6K2O2. The predicted octanol–water partition coefficient (Wildman–Crippen LogP) is -1.79. The number of rotatable bonds is 1. The maximum Gasteiger partial charge on any atom is 0.0662 e. The summed E-state index contributed by atoms with van der Waals surface area (Å²) in [4.78, 5) is 0. The summed E-state index contributed by atoms with van der Waals surface area (Å²) in [5, 5.41) is 15.2. The van der Waals surface area contributed by atoms with Crippen LogP contribution in [0.2, 0.25) is 0 Å². The van der Waals surface area contributed by atoms with Gasteiger partial charge in [-0.1, -0.05) is 0 Å². The quantitative estimate of drug-likeness (QED) is 0.422. The fraction of sp³-hybridized carbons (Fsp3) is 1.00. The third-order valence-electron chi connectivity index (χ3n) is 0.1000. The molecule has 0 aliphatic heterocycles. The van der Waals surface area contributed by atoms with Gasteiger partial charge < -0.3 is 10.2 Å². The van der Waals surface area contributed by atoms with Gasteiger partial charge in [0, 0.05) is 103 Å². The average molecular weight is 140 g/mol. The van der Waals surface area contributed by atoms with Crippen molar-refractivity contribution in [2.75, 3.05) is 13.2 Å². The zero-order valence-electron chi connectivity index (χ0n) is 4.31. The zero-order chi connectivity index (χ0) is 3.41. The van der Waals surface area contributed by atoms with Crippen LogP contribution in [-0.2, 0) is 0 Å². The van der Waals surface area contributed by atoms with Gasteiger partial charge in [0.1, 0.15) is 0 Å². The van der Waals surface area contributed by atoms with Gasteiger partial charge in [-0.25, -0.2) is 0 Å². The molecule has 4 heteroatoms. The first-order valence-electron chi connectivity index (χ1n) is 1.13. The van der Waals surface area contributed by atoms with Gasteiger partial charge in [-0.05, 0) is 0 Å². The smallest absolute Gasteiger partial charge is 0.0662 e. The molecule has 0 saturated heterocycles. The van der Waals surface area contributed by atoms with Crippen LogP contribution in [0.4, 0.5) is 0 Å². The Morgan fingerprint density at radius 3 is 1.00 bits per heavy atom. The summed E-state index contributed by atoms with van der Waals surface area (Å²) >= 11 is 0. The van der Waals surface area contributed by atoms with E-state index < -0.39 is 0 Å². The third-order valence-corrected chi connectivity index (χ3v) is 0.1000. The molecule has 6 heavy (non-hydrogen) atoms. The second kappa shape index (κ2) is 15.7. The van der Waals surface area contributed by atoms with Crippen LogP contribution in [0.25, 0.3) is 0 Å². The summed E-state index contributed by atoms with van der Waals surface area (Å²) in [6, 6.07) is 0. The molecule has 0 atom stereocenters. The average Bonchev–Trinajstić information content (AvgIpc) is 1.37. The van der Waals surface area contributed by atoms with Gasteiger partial charge in [-0.15, -0.1) is 0 Å². The monoisotopic (exact) mass is 140 g/mol. The molecule has 2 radical (unpaired) electrons. The Labute approximate surface area is 123 Å². The van der Waals surface area contributed by atoms with E-state index in [0.29, 0.717) is 0 Å². The number of aliphatic hydroxyl groups is 2. The van der Waals surface area contributed by atoms with Crippen molar-refractivity contribution in [3.63, 3.8) is 0 Å².